The van der Waals surface area contributed by atoms with Crippen LogP contribution in [0, 0.1) is 5.82 Å². The molecule has 0 saturated carbocycles. The molecule has 1 aromatic rings. The highest BCUT2D eigenvalue weighted by atomic mass is 19.1. The van der Waals surface area contributed by atoms with E-state index in [0.717, 1.165) is 0 Å². The first-order chi connectivity index (χ1) is 8.57. The molecule has 0 unspecified atom stereocenters. The van der Waals surface area contributed by atoms with Gasteiger partial charge in [0.15, 0.2) is 0 Å². The number of nitrogens with zero attached hydrogens (tertiary/aromatic N) is 1. The molecule has 100 valence electrons. The summed E-state index contributed by atoms with van der Waals surface area (Å²) < 4.78 is 13.7. The van der Waals surface area contributed by atoms with Crippen LogP contribution in [-0.4, -0.2) is 43.2 Å². The fourth-order valence-electron chi connectivity index (χ4n) is 1.74. The van der Waals surface area contributed by atoms with Crippen LogP contribution in [0.5, 0.6) is 0 Å². The first kappa shape index (κ1) is 14.6. The molecule has 0 spiro atoms. The number of aliphatic hydroxyl groups is 1. The Hall–Kier alpha value is -1.46. The van der Waals surface area contributed by atoms with Gasteiger partial charge in [-0.25, -0.2) is 4.39 Å². The van der Waals surface area contributed by atoms with Crippen molar-refractivity contribution < 1.29 is 14.3 Å². The summed E-state index contributed by atoms with van der Waals surface area (Å²) in [5, 5.41) is 11.3. The van der Waals surface area contributed by atoms with Gasteiger partial charge in [0.2, 0.25) is 5.91 Å². The van der Waals surface area contributed by atoms with Crippen molar-refractivity contribution in [1.29, 1.82) is 0 Å². The molecule has 0 radical (unpaired) electrons. The van der Waals surface area contributed by atoms with Crippen LogP contribution in [0.25, 0.3) is 0 Å². The topological polar surface area (TPSA) is 52.6 Å². The zero-order valence-corrected chi connectivity index (χ0v) is 10.7. The van der Waals surface area contributed by atoms with Crippen LogP contribution in [0.3, 0.4) is 0 Å². The number of rotatable bonds is 6. The average molecular weight is 254 g/mol. The summed E-state index contributed by atoms with van der Waals surface area (Å²) in [7, 11) is 3.45. The van der Waals surface area contributed by atoms with Crippen molar-refractivity contribution in [2.45, 2.75) is 12.5 Å². The van der Waals surface area contributed by atoms with E-state index in [1.807, 2.05) is 0 Å². The van der Waals surface area contributed by atoms with Gasteiger partial charge in [-0.15, -0.1) is 0 Å². The minimum absolute atomic E-state index is 0.0204. The first-order valence-electron chi connectivity index (χ1n) is 5.87. The van der Waals surface area contributed by atoms with Crippen molar-refractivity contribution in [1.82, 2.24) is 10.2 Å². The summed E-state index contributed by atoms with van der Waals surface area (Å²) in [6.45, 7) is 0.404. The fourth-order valence-corrected chi connectivity index (χ4v) is 1.74. The molecule has 0 heterocycles. The molecule has 1 atom stereocenters. The van der Waals surface area contributed by atoms with Gasteiger partial charge in [0, 0.05) is 18.7 Å². The molecule has 0 aliphatic heterocycles. The third-order valence-electron chi connectivity index (χ3n) is 2.60. The number of hydrogen-bond donors (Lipinski definition) is 2. The third-order valence-corrected chi connectivity index (χ3v) is 2.60. The monoisotopic (exact) mass is 254 g/mol. The Morgan fingerprint density at radius 1 is 1.44 bits per heavy atom. The van der Waals surface area contributed by atoms with Crippen LogP contribution >= 0.6 is 0 Å². The van der Waals surface area contributed by atoms with Gasteiger partial charge in [0.1, 0.15) is 11.9 Å². The standard InChI is InChI=1S/C13H19FN2O2/c1-16(2)12(13(18)15-8-5-9-17)10-6-3-4-7-11(10)14/h3-4,6-7,12,17H,5,8-9H2,1-2H3,(H,15,18)/t12-/m0/s1. The molecule has 5 heteroatoms. The molecular formula is C13H19FN2O2. The van der Waals surface area contributed by atoms with Gasteiger partial charge >= 0.3 is 0 Å². The highest BCUT2D eigenvalue weighted by Gasteiger charge is 2.24. The van der Waals surface area contributed by atoms with Crippen LogP contribution in [0.4, 0.5) is 4.39 Å². The number of aliphatic hydroxyl groups excluding tert-OH is 1. The molecular weight excluding hydrogens is 235 g/mol. The molecule has 0 saturated heterocycles. The van der Waals surface area contributed by atoms with E-state index in [0.29, 0.717) is 18.5 Å². The molecule has 0 aromatic heterocycles. The van der Waals surface area contributed by atoms with Gasteiger partial charge in [0.05, 0.1) is 0 Å². The van der Waals surface area contributed by atoms with Crippen molar-refractivity contribution in [3.63, 3.8) is 0 Å². The second kappa shape index (κ2) is 7.08. The van der Waals surface area contributed by atoms with Crippen LogP contribution < -0.4 is 5.32 Å². The molecule has 1 amide bonds. The van der Waals surface area contributed by atoms with Crippen LogP contribution in [0.2, 0.25) is 0 Å². The van der Waals surface area contributed by atoms with Gasteiger partial charge in [-0.3, -0.25) is 9.69 Å². The second-order valence-corrected chi connectivity index (χ2v) is 4.26. The Balaban J connectivity index is 2.83. The highest BCUT2D eigenvalue weighted by molar-refractivity contribution is 5.83. The summed E-state index contributed by atoms with van der Waals surface area (Å²) >= 11 is 0. The lowest BCUT2D eigenvalue weighted by molar-refractivity contribution is -0.125. The quantitative estimate of drug-likeness (QED) is 0.742. The van der Waals surface area contributed by atoms with Crippen molar-refractivity contribution >= 4 is 5.91 Å². The maximum Gasteiger partial charge on any atom is 0.242 e. The second-order valence-electron chi connectivity index (χ2n) is 4.26. The Labute approximate surface area is 106 Å². The number of halogens is 1. The fraction of sp³-hybridized carbons (Fsp3) is 0.462. The minimum atomic E-state index is -0.662. The number of likely N-dealkylation sites (N-methyl/N-ethyl adjacent to an activating group) is 1. The number of benzene rings is 1. The van der Waals surface area contributed by atoms with Gasteiger partial charge in [0.25, 0.3) is 0 Å². The normalized spacial score (nSPS) is 12.5. The van der Waals surface area contributed by atoms with Gasteiger partial charge < -0.3 is 10.4 Å². The van der Waals surface area contributed by atoms with Gasteiger partial charge in [-0.1, -0.05) is 18.2 Å². The van der Waals surface area contributed by atoms with Crippen LogP contribution in [0.1, 0.15) is 18.0 Å². The van der Waals surface area contributed by atoms with E-state index in [4.69, 9.17) is 5.11 Å². The highest BCUT2D eigenvalue weighted by Crippen LogP contribution is 2.21. The average Bonchev–Trinajstić information content (AvgIpc) is 2.32. The molecule has 2 N–H and O–H groups in total. The molecule has 18 heavy (non-hydrogen) atoms. The molecule has 1 rings (SSSR count). The van der Waals surface area contributed by atoms with E-state index < -0.39 is 11.9 Å². The van der Waals surface area contributed by atoms with E-state index >= 15 is 0 Å². The SMILES string of the molecule is CN(C)[C@H](C(=O)NCCCO)c1ccccc1F. The van der Waals surface area contributed by atoms with Gasteiger partial charge in [-0.05, 0) is 26.6 Å². The van der Waals surface area contributed by atoms with Crippen molar-refractivity contribution in [3.05, 3.63) is 35.6 Å². The summed E-state index contributed by atoms with van der Waals surface area (Å²) in [5.41, 5.74) is 0.351. The first-order valence-corrected chi connectivity index (χ1v) is 5.87. The number of carbonyl (C=O) groups is 1. The Morgan fingerprint density at radius 2 is 2.11 bits per heavy atom. The number of hydrogen-bond acceptors (Lipinski definition) is 3. The zero-order valence-electron chi connectivity index (χ0n) is 10.7. The summed E-state index contributed by atoms with van der Waals surface area (Å²) in [6.07, 6.45) is 0.489. The predicted molar refractivity (Wildman–Crippen MR) is 67.5 cm³/mol. The third kappa shape index (κ3) is 3.78. The molecule has 0 fully saturated rings. The molecule has 0 bridgehead atoms. The Bertz CT molecular complexity index is 396. The van der Waals surface area contributed by atoms with E-state index in [-0.39, 0.29) is 12.5 Å². The maximum atomic E-state index is 13.7. The molecule has 1 aromatic carbocycles. The lowest BCUT2D eigenvalue weighted by Crippen LogP contribution is -2.38. The van der Waals surface area contributed by atoms with E-state index in [9.17, 15) is 9.18 Å². The number of amides is 1. The van der Waals surface area contributed by atoms with Crippen LogP contribution in [0.15, 0.2) is 24.3 Å². The largest absolute Gasteiger partial charge is 0.396 e. The van der Waals surface area contributed by atoms with Crippen molar-refractivity contribution in [2.24, 2.45) is 0 Å². The van der Waals surface area contributed by atoms with Crippen molar-refractivity contribution in [3.8, 4) is 0 Å². The molecule has 0 aliphatic rings. The predicted octanol–water partition coefficient (Wildman–Crippen LogP) is 0.927. The minimum Gasteiger partial charge on any atom is -0.396 e. The summed E-state index contributed by atoms with van der Waals surface area (Å²) in [5.74, 6) is -0.660. The lowest BCUT2D eigenvalue weighted by Gasteiger charge is -2.24. The molecule has 4 nitrogen and oxygen atoms in total. The number of nitrogens with one attached hydrogen (secondary N) is 1. The smallest absolute Gasteiger partial charge is 0.242 e. The number of carbonyl (C=O) groups excluding carboxylic acids is 1. The maximum absolute atomic E-state index is 13.7. The van der Waals surface area contributed by atoms with Gasteiger partial charge in [-0.2, -0.15) is 0 Å². The van der Waals surface area contributed by atoms with E-state index in [1.54, 1.807) is 37.2 Å². The summed E-state index contributed by atoms with van der Waals surface area (Å²) in [6, 6.07) is 5.58. The summed E-state index contributed by atoms with van der Waals surface area (Å²) in [4.78, 5) is 13.7. The lowest BCUT2D eigenvalue weighted by atomic mass is 10.0. The Morgan fingerprint density at radius 3 is 2.67 bits per heavy atom. The zero-order chi connectivity index (χ0) is 13.5. The van der Waals surface area contributed by atoms with Crippen molar-refractivity contribution in [2.75, 3.05) is 27.2 Å². The van der Waals surface area contributed by atoms with E-state index in [1.165, 1.54) is 6.07 Å². The van der Waals surface area contributed by atoms with E-state index in [2.05, 4.69) is 5.32 Å². The van der Waals surface area contributed by atoms with Crippen LogP contribution in [-0.2, 0) is 4.79 Å². The molecule has 0 aliphatic carbocycles. The Kier molecular flexibility index (Phi) is 5.74.